The van der Waals surface area contributed by atoms with E-state index in [-0.39, 0.29) is 0 Å². The molecule has 0 unspecified atom stereocenters. The van der Waals surface area contributed by atoms with Crippen LogP contribution in [0.25, 0.3) is 6.08 Å². The summed E-state index contributed by atoms with van der Waals surface area (Å²) in [4.78, 5) is 9.97. The van der Waals surface area contributed by atoms with Gasteiger partial charge in [-0.05, 0) is 37.3 Å². The van der Waals surface area contributed by atoms with Crippen LogP contribution < -0.4 is 10.8 Å². The molecule has 1 aromatic rings. The normalized spacial score (nSPS) is 15.6. The molecule has 1 fully saturated rings. The van der Waals surface area contributed by atoms with E-state index in [0.717, 1.165) is 17.7 Å². The molecule has 2 rings (SSSR count). The van der Waals surface area contributed by atoms with E-state index < -0.39 is 5.97 Å². The number of carboxylic acid groups (broad SMARTS) is 1. The Hall–Kier alpha value is -1.61. The molecule has 0 spiro atoms. The summed E-state index contributed by atoms with van der Waals surface area (Å²) in [6.45, 7) is 0. The molecule has 0 bridgehead atoms. The van der Waals surface area contributed by atoms with Gasteiger partial charge in [0.2, 0.25) is 0 Å². The van der Waals surface area contributed by atoms with Crippen molar-refractivity contribution in [3.8, 4) is 0 Å². The molecule has 0 atom stereocenters. The highest BCUT2D eigenvalue weighted by Gasteiger charge is 2.11. The maximum absolute atomic E-state index is 9.97. The molecular weight excluding hydrogens is 214 g/mol. The van der Waals surface area contributed by atoms with Gasteiger partial charge >= 0.3 is 0 Å². The lowest BCUT2D eigenvalue weighted by Crippen LogP contribution is -2.59. The van der Waals surface area contributed by atoms with Gasteiger partial charge in [-0.25, -0.2) is 0 Å². The summed E-state index contributed by atoms with van der Waals surface area (Å²) < 4.78 is 0. The summed E-state index contributed by atoms with van der Waals surface area (Å²) in [6, 6.07) is 9.99. The average molecular weight is 233 g/mol. The molecule has 17 heavy (non-hydrogen) atoms. The maximum Gasteiger partial charge on any atom is 0.0843 e. The monoisotopic (exact) mass is 233 g/mol. The Morgan fingerprint density at radius 1 is 1.24 bits per heavy atom. The largest absolute Gasteiger partial charge is 0.545 e. The van der Waals surface area contributed by atoms with Crippen molar-refractivity contribution in [2.45, 2.75) is 31.7 Å². The van der Waals surface area contributed by atoms with Crippen LogP contribution in [0.1, 0.15) is 31.2 Å². The van der Waals surface area contributed by atoms with Crippen LogP contribution in [0.5, 0.6) is 0 Å². The second-order valence-electron chi connectivity index (χ2n) is 4.21. The fraction of sp³-hybridized carbons (Fsp3) is 0.357. The number of hydrogen-bond donors (Lipinski definition) is 1. The van der Waals surface area contributed by atoms with E-state index in [1.165, 1.54) is 31.8 Å². The van der Waals surface area contributed by atoms with E-state index in [9.17, 15) is 9.90 Å². The third kappa shape index (κ3) is 6.53. The van der Waals surface area contributed by atoms with E-state index in [4.69, 9.17) is 0 Å². The molecule has 1 aliphatic rings. The van der Waals surface area contributed by atoms with Gasteiger partial charge < -0.3 is 15.6 Å². The van der Waals surface area contributed by atoms with E-state index >= 15 is 0 Å². The van der Waals surface area contributed by atoms with E-state index in [1.807, 2.05) is 30.3 Å². The molecule has 0 radical (unpaired) electrons. The standard InChI is InChI=1S/C9H8O2.C5H11N/c10-9(11)7-6-8-4-2-1-3-5-8;6-5-3-1-2-4-5/h1-7H,(H,10,11);5H,1-4,6H2/b7-6+;. The maximum atomic E-state index is 9.97. The number of quaternary nitrogens is 1. The minimum Gasteiger partial charge on any atom is -0.545 e. The Morgan fingerprint density at radius 3 is 2.24 bits per heavy atom. The Morgan fingerprint density at radius 2 is 1.82 bits per heavy atom. The number of hydrogen-bond acceptors (Lipinski definition) is 2. The number of rotatable bonds is 2. The van der Waals surface area contributed by atoms with Gasteiger partial charge in [0.25, 0.3) is 0 Å². The highest BCUT2D eigenvalue weighted by atomic mass is 16.4. The minimum atomic E-state index is -1.17. The Kier molecular flexibility index (Phi) is 6.04. The van der Waals surface area contributed by atoms with Gasteiger partial charge in [0.15, 0.2) is 0 Å². The molecule has 3 nitrogen and oxygen atoms in total. The zero-order valence-corrected chi connectivity index (χ0v) is 9.97. The lowest BCUT2D eigenvalue weighted by Gasteiger charge is -1.91. The van der Waals surface area contributed by atoms with Gasteiger partial charge in [-0.1, -0.05) is 36.4 Å². The first-order valence-corrected chi connectivity index (χ1v) is 5.95. The first kappa shape index (κ1) is 13.5. The van der Waals surface area contributed by atoms with Gasteiger partial charge in [-0.3, -0.25) is 0 Å². The van der Waals surface area contributed by atoms with Gasteiger partial charge in [-0.15, -0.1) is 0 Å². The predicted molar refractivity (Wildman–Crippen MR) is 65.6 cm³/mol. The minimum absolute atomic E-state index is 0.796. The molecule has 0 saturated heterocycles. The van der Waals surface area contributed by atoms with Crippen LogP contribution in [0.15, 0.2) is 36.4 Å². The summed E-state index contributed by atoms with van der Waals surface area (Å²) in [5, 5.41) is 9.97. The van der Waals surface area contributed by atoms with Gasteiger partial charge in [-0.2, -0.15) is 0 Å². The lowest BCUT2D eigenvalue weighted by molar-refractivity contribution is -0.417. The first-order chi connectivity index (χ1) is 8.18. The number of aliphatic carboxylic acids is 1. The average Bonchev–Trinajstić information content (AvgIpc) is 2.80. The molecular formula is C14H19NO2. The number of carboxylic acids is 1. The second-order valence-corrected chi connectivity index (χ2v) is 4.21. The van der Waals surface area contributed by atoms with Gasteiger partial charge in [0, 0.05) is 0 Å². The van der Waals surface area contributed by atoms with Crippen molar-refractivity contribution in [2.24, 2.45) is 0 Å². The second kappa shape index (κ2) is 7.63. The topological polar surface area (TPSA) is 67.8 Å². The molecule has 0 aromatic heterocycles. The van der Waals surface area contributed by atoms with Crippen molar-refractivity contribution in [3.63, 3.8) is 0 Å². The van der Waals surface area contributed by atoms with Crippen molar-refractivity contribution in [2.75, 3.05) is 0 Å². The summed E-state index contributed by atoms with van der Waals surface area (Å²) >= 11 is 0. The van der Waals surface area contributed by atoms with Crippen LogP contribution in [0.2, 0.25) is 0 Å². The molecule has 0 heterocycles. The van der Waals surface area contributed by atoms with Crippen LogP contribution in [0, 0.1) is 0 Å². The predicted octanol–water partition coefficient (Wildman–Crippen LogP) is 0.621. The molecule has 92 valence electrons. The van der Waals surface area contributed by atoms with Crippen molar-refractivity contribution < 1.29 is 15.6 Å². The summed E-state index contributed by atoms with van der Waals surface area (Å²) in [6.07, 6.45) is 8.10. The zero-order chi connectivity index (χ0) is 12.5. The van der Waals surface area contributed by atoms with Crippen LogP contribution in [-0.2, 0) is 4.79 Å². The molecule has 0 amide bonds. The third-order valence-electron chi connectivity index (χ3n) is 2.69. The molecule has 1 aliphatic carbocycles. The van der Waals surface area contributed by atoms with Gasteiger partial charge in [0.05, 0.1) is 12.0 Å². The lowest BCUT2D eigenvalue weighted by atomic mass is 10.2. The smallest absolute Gasteiger partial charge is 0.0843 e. The number of benzene rings is 1. The molecule has 3 heteroatoms. The SMILES string of the molecule is O=C([O-])/C=C/c1ccccc1.[NH3+]C1CCCC1. The van der Waals surface area contributed by atoms with E-state index in [2.05, 4.69) is 5.73 Å². The summed E-state index contributed by atoms with van der Waals surface area (Å²) in [5.41, 5.74) is 4.80. The molecule has 1 aromatic carbocycles. The Balaban J connectivity index is 0.000000202. The third-order valence-corrected chi connectivity index (χ3v) is 2.69. The van der Waals surface area contributed by atoms with Gasteiger partial charge in [0.1, 0.15) is 0 Å². The van der Waals surface area contributed by atoms with Crippen LogP contribution in [-0.4, -0.2) is 12.0 Å². The quantitative estimate of drug-likeness (QED) is 0.761. The summed E-state index contributed by atoms with van der Waals surface area (Å²) in [5.74, 6) is -1.17. The number of carbonyl (C=O) groups is 1. The fourth-order valence-corrected chi connectivity index (χ4v) is 1.74. The Labute approximate surface area is 102 Å². The number of carbonyl (C=O) groups excluding carboxylic acids is 1. The van der Waals surface area contributed by atoms with E-state index in [1.54, 1.807) is 0 Å². The Bertz CT molecular complexity index is 354. The fourth-order valence-electron chi connectivity index (χ4n) is 1.74. The highest BCUT2D eigenvalue weighted by Crippen LogP contribution is 2.13. The highest BCUT2D eigenvalue weighted by molar-refractivity contribution is 5.83. The van der Waals surface area contributed by atoms with Crippen molar-refractivity contribution in [1.29, 1.82) is 0 Å². The molecule has 1 saturated carbocycles. The zero-order valence-electron chi connectivity index (χ0n) is 9.97. The van der Waals surface area contributed by atoms with Crippen LogP contribution in [0.3, 0.4) is 0 Å². The van der Waals surface area contributed by atoms with Crippen molar-refractivity contribution in [1.82, 2.24) is 0 Å². The van der Waals surface area contributed by atoms with Crippen molar-refractivity contribution in [3.05, 3.63) is 42.0 Å². The first-order valence-electron chi connectivity index (χ1n) is 5.95. The summed E-state index contributed by atoms with van der Waals surface area (Å²) in [7, 11) is 0. The van der Waals surface area contributed by atoms with Crippen LogP contribution in [0.4, 0.5) is 0 Å². The van der Waals surface area contributed by atoms with E-state index in [0.29, 0.717) is 0 Å². The molecule has 0 aliphatic heterocycles. The molecule has 3 N–H and O–H groups in total. The van der Waals surface area contributed by atoms with Crippen molar-refractivity contribution >= 4 is 12.0 Å². The van der Waals surface area contributed by atoms with Crippen LogP contribution >= 0.6 is 0 Å².